The Morgan fingerprint density at radius 2 is 1.92 bits per heavy atom. The van der Waals surface area contributed by atoms with Gasteiger partial charge in [0, 0.05) is 41.4 Å². The smallest absolute Gasteiger partial charge is 0.417 e. The fraction of sp³-hybridized carbons (Fsp3) is 0.370. The maximum Gasteiger partial charge on any atom is 0.417 e. The molecular formula is C27H26F3N5O3. The van der Waals surface area contributed by atoms with Crippen molar-refractivity contribution in [2.45, 2.75) is 50.7 Å². The van der Waals surface area contributed by atoms with Crippen LogP contribution in [0.25, 0.3) is 11.3 Å². The summed E-state index contributed by atoms with van der Waals surface area (Å²) in [6, 6.07) is 9.75. The second-order valence-electron chi connectivity index (χ2n) is 10.1. The van der Waals surface area contributed by atoms with E-state index in [-0.39, 0.29) is 53.5 Å². The van der Waals surface area contributed by atoms with Gasteiger partial charge in [-0.25, -0.2) is 18.0 Å². The van der Waals surface area contributed by atoms with Crippen LogP contribution in [0.1, 0.15) is 44.9 Å². The largest absolute Gasteiger partial charge is 0.495 e. The molecule has 0 unspecified atom stereocenters. The zero-order valence-corrected chi connectivity index (χ0v) is 21.3. The summed E-state index contributed by atoms with van der Waals surface area (Å²) in [4.78, 5) is 18.8. The number of carbonyl (C=O) groups is 1. The highest BCUT2D eigenvalue weighted by Crippen LogP contribution is 2.47. The van der Waals surface area contributed by atoms with Crippen LogP contribution in [0.15, 0.2) is 42.6 Å². The van der Waals surface area contributed by atoms with Gasteiger partial charge in [0.15, 0.2) is 0 Å². The minimum Gasteiger partial charge on any atom is -0.495 e. The zero-order chi connectivity index (χ0) is 27.7. The van der Waals surface area contributed by atoms with Crippen LogP contribution in [0.2, 0.25) is 0 Å². The Kier molecular flexibility index (Phi) is 7.26. The van der Waals surface area contributed by atoms with Crippen molar-refractivity contribution < 1.29 is 27.4 Å². The molecule has 0 atom stereocenters. The fourth-order valence-corrected chi connectivity index (χ4v) is 4.51. The van der Waals surface area contributed by atoms with Gasteiger partial charge in [-0.1, -0.05) is 0 Å². The molecule has 4 rings (SSSR count). The molecule has 0 saturated heterocycles. The first-order chi connectivity index (χ1) is 18.0. The molecule has 0 aliphatic heterocycles. The van der Waals surface area contributed by atoms with Crippen molar-refractivity contribution in [3.8, 4) is 29.0 Å². The molecule has 198 valence electrons. The van der Waals surface area contributed by atoms with Crippen LogP contribution in [0.4, 0.5) is 18.0 Å². The van der Waals surface area contributed by atoms with E-state index in [1.807, 2.05) is 6.07 Å². The van der Waals surface area contributed by atoms with Gasteiger partial charge in [-0.05, 0) is 57.9 Å². The van der Waals surface area contributed by atoms with E-state index in [9.17, 15) is 23.2 Å². The Labute approximate surface area is 218 Å². The molecule has 8 nitrogen and oxygen atoms in total. The first-order valence-electron chi connectivity index (χ1n) is 11.8. The van der Waals surface area contributed by atoms with Gasteiger partial charge < -0.3 is 14.4 Å². The second-order valence-corrected chi connectivity index (χ2v) is 10.1. The van der Waals surface area contributed by atoms with Crippen molar-refractivity contribution >= 4 is 6.09 Å². The van der Waals surface area contributed by atoms with Gasteiger partial charge in [0.1, 0.15) is 29.6 Å². The molecule has 1 aliphatic carbocycles. The van der Waals surface area contributed by atoms with Gasteiger partial charge in [-0.15, -0.1) is 10.2 Å². The third-order valence-electron chi connectivity index (χ3n) is 6.49. The van der Waals surface area contributed by atoms with Crippen LogP contribution in [-0.2, 0) is 5.41 Å². The summed E-state index contributed by atoms with van der Waals surface area (Å²) in [7, 11) is 1.33. The van der Waals surface area contributed by atoms with Crippen molar-refractivity contribution in [3.05, 3.63) is 65.5 Å². The summed E-state index contributed by atoms with van der Waals surface area (Å²) < 4.78 is 53.7. The Hall–Kier alpha value is -4.20. The lowest BCUT2D eigenvalue weighted by Gasteiger charge is -2.48. The number of hydrogen-bond donors (Lipinski definition) is 0. The second kappa shape index (κ2) is 10.3. The number of hydrogen-bond acceptors (Lipinski definition) is 7. The molecule has 2 heterocycles. The molecule has 1 aliphatic rings. The van der Waals surface area contributed by atoms with Gasteiger partial charge in [-0.2, -0.15) is 5.26 Å². The molecule has 0 radical (unpaired) electrons. The van der Waals surface area contributed by atoms with Crippen LogP contribution >= 0.6 is 0 Å². The molecule has 0 N–H and O–H groups in total. The third-order valence-corrected chi connectivity index (χ3v) is 6.49. The van der Waals surface area contributed by atoms with Gasteiger partial charge in [0.05, 0.1) is 24.1 Å². The highest BCUT2D eigenvalue weighted by molar-refractivity contribution is 5.72. The first-order valence-corrected chi connectivity index (χ1v) is 11.8. The number of aromatic nitrogens is 3. The minimum absolute atomic E-state index is 0.0212. The van der Waals surface area contributed by atoms with E-state index in [0.717, 1.165) is 6.07 Å². The first kappa shape index (κ1) is 26.9. The van der Waals surface area contributed by atoms with E-state index >= 15 is 0 Å². The van der Waals surface area contributed by atoms with Crippen LogP contribution in [-0.4, -0.2) is 51.5 Å². The van der Waals surface area contributed by atoms with E-state index in [1.54, 1.807) is 20.8 Å². The average Bonchev–Trinajstić information content (AvgIpc) is 2.85. The number of alkyl halides is 1. The Balaban J connectivity index is 1.57. The molecule has 0 spiro atoms. The van der Waals surface area contributed by atoms with Crippen LogP contribution in [0.5, 0.6) is 11.6 Å². The number of methoxy groups -OCH3 is 1. The quantitative estimate of drug-likeness (QED) is 0.427. The van der Waals surface area contributed by atoms with Crippen molar-refractivity contribution in [1.29, 1.82) is 5.26 Å². The monoisotopic (exact) mass is 525 g/mol. The summed E-state index contributed by atoms with van der Waals surface area (Å²) >= 11 is 0. The normalized spacial score (nSPS) is 18.7. The standard InChI is InChI=1S/C27H26F3N5O3/c1-26(2,3)35(15-27(12-17(28)13-27)24-19(29)6-5-9-32-24)25(36)38-23-8-7-21(33-34-23)18-10-16(14-31)22(37-4)11-20(18)30/h5-11,17H,12-13,15H2,1-4H3. The minimum atomic E-state index is -1.13. The number of ether oxygens (including phenoxy) is 2. The molecule has 1 aromatic carbocycles. The Bertz CT molecular complexity index is 1380. The molecule has 1 fully saturated rings. The molecule has 11 heteroatoms. The summed E-state index contributed by atoms with van der Waals surface area (Å²) in [6.07, 6.45) is -0.443. The number of pyridine rings is 1. The van der Waals surface area contributed by atoms with Crippen LogP contribution in [0, 0.1) is 23.0 Å². The highest BCUT2D eigenvalue weighted by Gasteiger charge is 2.51. The highest BCUT2D eigenvalue weighted by atomic mass is 19.1. The van der Waals surface area contributed by atoms with Crippen LogP contribution in [0.3, 0.4) is 0 Å². The summed E-state index contributed by atoms with van der Waals surface area (Å²) in [5.41, 5.74) is -1.41. The zero-order valence-electron chi connectivity index (χ0n) is 21.3. The Morgan fingerprint density at radius 1 is 1.18 bits per heavy atom. The van der Waals surface area contributed by atoms with Crippen LogP contribution < -0.4 is 9.47 Å². The van der Waals surface area contributed by atoms with Gasteiger partial charge in [0.2, 0.25) is 5.88 Å². The molecule has 38 heavy (non-hydrogen) atoms. The number of amides is 1. The summed E-state index contributed by atoms with van der Waals surface area (Å²) in [6.45, 7) is 5.30. The van der Waals surface area contributed by atoms with Crippen molar-refractivity contribution in [1.82, 2.24) is 20.1 Å². The maximum atomic E-state index is 14.6. The lowest BCUT2D eigenvalue weighted by atomic mass is 9.64. The Morgan fingerprint density at radius 3 is 2.47 bits per heavy atom. The fourth-order valence-electron chi connectivity index (χ4n) is 4.51. The predicted octanol–water partition coefficient (Wildman–Crippen LogP) is 5.37. The van der Waals surface area contributed by atoms with E-state index < -0.39 is 34.9 Å². The predicted molar refractivity (Wildman–Crippen MR) is 131 cm³/mol. The molecule has 3 aromatic rings. The van der Waals surface area contributed by atoms with Gasteiger partial charge in [0.25, 0.3) is 0 Å². The van der Waals surface area contributed by atoms with Crippen molar-refractivity contribution in [2.75, 3.05) is 13.7 Å². The average molecular weight is 526 g/mol. The summed E-state index contributed by atoms with van der Waals surface area (Å²) in [5.74, 6) is -1.30. The maximum absolute atomic E-state index is 14.6. The number of halogens is 3. The summed E-state index contributed by atoms with van der Waals surface area (Å²) in [5, 5.41) is 17.1. The van der Waals surface area contributed by atoms with Crippen molar-refractivity contribution in [3.63, 3.8) is 0 Å². The van der Waals surface area contributed by atoms with Gasteiger partial charge in [-0.3, -0.25) is 4.98 Å². The number of carbonyl (C=O) groups excluding carboxylic acids is 1. The lowest BCUT2D eigenvalue weighted by molar-refractivity contribution is 0.0247. The van der Waals surface area contributed by atoms with E-state index in [4.69, 9.17) is 9.47 Å². The van der Waals surface area contributed by atoms with E-state index in [2.05, 4.69) is 15.2 Å². The third kappa shape index (κ3) is 5.25. The number of nitriles is 1. The van der Waals surface area contributed by atoms with E-state index in [1.165, 1.54) is 48.5 Å². The molecular weight excluding hydrogens is 499 g/mol. The van der Waals surface area contributed by atoms with Crippen molar-refractivity contribution in [2.24, 2.45) is 0 Å². The molecule has 0 bridgehead atoms. The topological polar surface area (TPSA) is 101 Å². The number of rotatable bonds is 6. The van der Waals surface area contributed by atoms with E-state index in [0.29, 0.717) is 0 Å². The van der Waals surface area contributed by atoms with Gasteiger partial charge >= 0.3 is 6.09 Å². The SMILES string of the molecule is COc1cc(F)c(-c2ccc(OC(=O)N(CC3(c4ncccc4F)CC(F)C3)C(C)(C)C)nn2)cc1C#N. The number of nitrogens with zero attached hydrogens (tertiary/aromatic N) is 5. The molecule has 1 saturated carbocycles. The number of benzene rings is 1. The lowest BCUT2D eigenvalue weighted by Crippen LogP contribution is -2.58. The molecule has 1 amide bonds. The molecule has 2 aromatic heterocycles.